The molecule has 0 aliphatic carbocycles. The van der Waals surface area contributed by atoms with Gasteiger partial charge in [0, 0.05) is 5.02 Å². The summed E-state index contributed by atoms with van der Waals surface area (Å²) >= 11 is 7.60. The van der Waals surface area contributed by atoms with E-state index in [-0.39, 0.29) is 5.91 Å². The lowest BCUT2D eigenvalue weighted by atomic mass is 10.1. The van der Waals surface area contributed by atoms with Crippen LogP contribution >= 0.6 is 22.9 Å². The Balaban J connectivity index is 1.82. The van der Waals surface area contributed by atoms with Crippen molar-refractivity contribution in [1.82, 2.24) is 4.98 Å². The molecule has 0 fully saturated rings. The molecule has 5 nitrogen and oxygen atoms in total. The molecule has 1 N–H and O–H groups in total. The normalized spacial score (nSPS) is 11.2. The Morgan fingerprint density at radius 2 is 1.96 bits per heavy atom. The number of likely N-dealkylation sites (N-methyl/N-ethyl adjacent to an activating group) is 1. The van der Waals surface area contributed by atoms with Crippen LogP contribution in [-0.2, 0) is 11.2 Å². The fraction of sp³-hybridized carbons (Fsp3) is 0.333. The molecule has 0 unspecified atom stereocenters. The van der Waals surface area contributed by atoms with Gasteiger partial charge in [-0.2, -0.15) is 0 Å². The number of carbonyl (C=O) groups excluding carboxylic acids is 1. The Hall–Kier alpha value is -2.15. The van der Waals surface area contributed by atoms with Gasteiger partial charge in [-0.05, 0) is 42.8 Å². The Morgan fingerprint density at radius 3 is 2.64 bits per heavy atom. The molecule has 1 heterocycles. The molecule has 0 aliphatic heterocycles. The largest absolute Gasteiger partial charge is 0.494 e. The number of thiazole rings is 1. The summed E-state index contributed by atoms with van der Waals surface area (Å²) < 4.78 is 6.46. The highest BCUT2D eigenvalue weighted by Gasteiger charge is 2.21. The Bertz CT molecular complexity index is 940. The number of carbonyl (C=O) groups is 1. The molecule has 0 atom stereocenters. The number of anilines is 1. The standard InChI is InChI=1S/C21H24ClN3O2S/c1-4-27-17-8-5-15(6-9-17)13-20(26)25(12-11-24(2)3)21-23-18-10-7-16(22)14-19(18)28-21/h5-10,14H,4,11-13H2,1-3H3/p+1. The molecule has 0 saturated carbocycles. The molecule has 1 amide bonds. The third-order valence-electron chi connectivity index (χ3n) is 4.30. The Labute approximate surface area is 174 Å². The number of nitrogens with one attached hydrogen (secondary N) is 1. The van der Waals surface area contributed by atoms with Gasteiger partial charge in [0.25, 0.3) is 0 Å². The quantitative estimate of drug-likeness (QED) is 0.611. The van der Waals surface area contributed by atoms with Crippen molar-refractivity contribution in [3.8, 4) is 5.75 Å². The number of rotatable bonds is 8. The lowest BCUT2D eigenvalue weighted by Gasteiger charge is -2.20. The van der Waals surface area contributed by atoms with E-state index in [9.17, 15) is 4.79 Å². The molecule has 0 aliphatic rings. The molecule has 3 rings (SSSR count). The summed E-state index contributed by atoms with van der Waals surface area (Å²) in [5.41, 5.74) is 1.82. The van der Waals surface area contributed by atoms with Crippen molar-refractivity contribution in [2.45, 2.75) is 13.3 Å². The SMILES string of the molecule is CCOc1ccc(CC(=O)N(CC[NH+](C)C)c2nc3ccc(Cl)cc3s2)cc1. The van der Waals surface area contributed by atoms with Gasteiger partial charge in [0.15, 0.2) is 5.13 Å². The average molecular weight is 419 g/mol. The topological polar surface area (TPSA) is 46.9 Å². The molecule has 28 heavy (non-hydrogen) atoms. The third-order valence-corrected chi connectivity index (χ3v) is 5.57. The van der Waals surface area contributed by atoms with Crippen LogP contribution in [0.25, 0.3) is 10.2 Å². The van der Waals surface area contributed by atoms with Crippen molar-refractivity contribution in [3.63, 3.8) is 0 Å². The molecule has 0 radical (unpaired) electrons. The number of aromatic nitrogens is 1. The molecular weight excluding hydrogens is 394 g/mol. The molecule has 7 heteroatoms. The monoisotopic (exact) mass is 418 g/mol. The summed E-state index contributed by atoms with van der Waals surface area (Å²) in [4.78, 5) is 20.8. The highest BCUT2D eigenvalue weighted by Crippen LogP contribution is 2.31. The number of ether oxygens (including phenoxy) is 1. The molecule has 0 saturated heterocycles. The zero-order valence-corrected chi connectivity index (χ0v) is 17.9. The maximum absolute atomic E-state index is 13.1. The summed E-state index contributed by atoms with van der Waals surface area (Å²) in [7, 11) is 4.15. The van der Waals surface area contributed by atoms with E-state index in [0.717, 1.165) is 33.2 Å². The number of nitrogens with zero attached hydrogens (tertiary/aromatic N) is 2. The zero-order chi connectivity index (χ0) is 20.1. The first-order chi connectivity index (χ1) is 13.5. The van der Waals surface area contributed by atoms with Crippen molar-refractivity contribution in [1.29, 1.82) is 0 Å². The molecule has 0 spiro atoms. The highest BCUT2D eigenvalue weighted by atomic mass is 35.5. The van der Waals surface area contributed by atoms with Crippen LogP contribution in [0.1, 0.15) is 12.5 Å². The summed E-state index contributed by atoms with van der Waals surface area (Å²) in [6.45, 7) is 4.03. The smallest absolute Gasteiger partial charge is 0.233 e. The predicted molar refractivity (Wildman–Crippen MR) is 116 cm³/mol. The van der Waals surface area contributed by atoms with Crippen molar-refractivity contribution < 1.29 is 14.4 Å². The van der Waals surface area contributed by atoms with Crippen molar-refractivity contribution in [2.75, 3.05) is 38.7 Å². The second kappa shape index (κ2) is 9.37. The molecule has 0 bridgehead atoms. The van der Waals surface area contributed by atoms with E-state index in [1.807, 2.05) is 49.4 Å². The molecule has 1 aromatic heterocycles. The van der Waals surface area contributed by atoms with Crippen molar-refractivity contribution in [3.05, 3.63) is 53.1 Å². The average Bonchev–Trinajstić information content (AvgIpc) is 3.06. The third kappa shape index (κ3) is 5.22. The first-order valence-corrected chi connectivity index (χ1v) is 10.5. The summed E-state index contributed by atoms with van der Waals surface area (Å²) in [5, 5.41) is 1.39. The van der Waals surface area contributed by atoms with Crippen LogP contribution < -0.4 is 14.5 Å². The zero-order valence-electron chi connectivity index (χ0n) is 16.4. The number of hydrogen-bond donors (Lipinski definition) is 1. The number of amides is 1. The predicted octanol–water partition coefficient (Wildman–Crippen LogP) is 3.07. The van der Waals surface area contributed by atoms with Crippen LogP contribution in [0, 0.1) is 0 Å². The maximum atomic E-state index is 13.1. The summed E-state index contributed by atoms with van der Waals surface area (Å²) in [6, 6.07) is 13.3. The Morgan fingerprint density at radius 1 is 1.21 bits per heavy atom. The van der Waals surface area contributed by atoms with Crippen molar-refractivity contribution in [2.24, 2.45) is 0 Å². The van der Waals surface area contributed by atoms with Gasteiger partial charge >= 0.3 is 0 Å². The molecule has 148 valence electrons. The van der Waals surface area contributed by atoms with E-state index in [1.54, 1.807) is 4.90 Å². The summed E-state index contributed by atoms with van der Waals surface area (Å²) in [6.07, 6.45) is 0.325. The van der Waals surface area contributed by atoms with Gasteiger partial charge in [-0.1, -0.05) is 35.1 Å². The minimum absolute atomic E-state index is 0.0376. The van der Waals surface area contributed by atoms with Crippen LogP contribution in [0.3, 0.4) is 0 Å². The fourth-order valence-corrected chi connectivity index (χ4v) is 4.09. The van der Waals surface area contributed by atoms with E-state index < -0.39 is 0 Å². The molecule has 3 aromatic rings. The first kappa shape index (κ1) is 20.6. The van der Waals surface area contributed by atoms with Crippen molar-refractivity contribution >= 4 is 44.2 Å². The van der Waals surface area contributed by atoms with Gasteiger partial charge in [-0.3, -0.25) is 9.69 Å². The van der Waals surface area contributed by atoms with Crippen LogP contribution in [0.15, 0.2) is 42.5 Å². The van der Waals surface area contributed by atoms with Gasteiger partial charge in [-0.25, -0.2) is 4.98 Å². The van der Waals surface area contributed by atoms with Gasteiger partial charge in [0.1, 0.15) is 5.75 Å². The maximum Gasteiger partial charge on any atom is 0.233 e. The van der Waals surface area contributed by atoms with E-state index in [2.05, 4.69) is 19.1 Å². The number of fused-ring (bicyclic) bond motifs is 1. The van der Waals surface area contributed by atoms with Crippen LogP contribution in [0.2, 0.25) is 5.02 Å². The first-order valence-electron chi connectivity index (χ1n) is 9.33. The summed E-state index contributed by atoms with van der Waals surface area (Å²) in [5.74, 6) is 0.852. The van der Waals surface area contributed by atoms with E-state index >= 15 is 0 Å². The van der Waals surface area contributed by atoms with E-state index in [0.29, 0.717) is 24.6 Å². The van der Waals surface area contributed by atoms with Gasteiger partial charge in [-0.15, -0.1) is 0 Å². The van der Waals surface area contributed by atoms with Gasteiger partial charge < -0.3 is 9.64 Å². The minimum Gasteiger partial charge on any atom is -0.494 e. The highest BCUT2D eigenvalue weighted by molar-refractivity contribution is 7.22. The van der Waals surface area contributed by atoms with E-state index in [4.69, 9.17) is 16.3 Å². The van der Waals surface area contributed by atoms with Gasteiger partial charge in [0.2, 0.25) is 5.91 Å². The lowest BCUT2D eigenvalue weighted by Crippen LogP contribution is -3.06. The minimum atomic E-state index is 0.0376. The Kier molecular flexibility index (Phi) is 6.88. The van der Waals surface area contributed by atoms with Crippen LogP contribution in [0.5, 0.6) is 5.75 Å². The number of hydrogen-bond acceptors (Lipinski definition) is 4. The lowest BCUT2D eigenvalue weighted by molar-refractivity contribution is -0.856. The number of benzene rings is 2. The van der Waals surface area contributed by atoms with Crippen LogP contribution in [0.4, 0.5) is 5.13 Å². The fourth-order valence-electron chi connectivity index (χ4n) is 2.80. The van der Waals surface area contributed by atoms with E-state index in [1.165, 1.54) is 16.2 Å². The second-order valence-electron chi connectivity index (χ2n) is 6.86. The van der Waals surface area contributed by atoms with Gasteiger partial charge in [0.05, 0.1) is 50.4 Å². The van der Waals surface area contributed by atoms with Crippen LogP contribution in [-0.4, -0.2) is 44.7 Å². The molecular formula is C21H25ClN3O2S+. The number of quaternary nitrogens is 1. The molecule has 2 aromatic carbocycles. The second-order valence-corrected chi connectivity index (χ2v) is 8.31. The number of halogens is 1.